The summed E-state index contributed by atoms with van der Waals surface area (Å²) in [6.07, 6.45) is 8.28. The summed E-state index contributed by atoms with van der Waals surface area (Å²) >= 11 is 0. The van der Waals surface area contributed by atoms with Crippen LogP contribution in [0, 0.1) is 343 Å². The quantitative estimate of drug-likeness (QED) is 0.205. The van der Waals surface area contributed by atoms with E-state index in [1.165, 1.54) is 30.4 Å². The number of ether oxygens (including phenoxy) is 1. The van der Waals surface area contributed by atoms with Crippen LogP contribution in [0.4, 0.5) is 0 Å². The fourth-order valence-electron chi connectivity index (χ4n) is 5.71. The molecule has 1 aromatic carbocycles. The van der Waals surface area contributed by atoms with Crippen molar-refractivity contribution in [3.63, 3.8) is 0 Å². The van der Waals surface area contributed by atoms with E-state index in [1.807, 2.05) is 0 Å². The Morgan fingerprint density at radius 2 is 0.625 bits per heavy atom. The van der Waals surface area contributed by atoms with Crippen LogP contribution in [0.15, 0.2) is 24.3 Å². The van der Waals surface area contributed by atoms with Gasteiger partial charge in [-0.1, -0.05) is 62.3 Å². The predicted molar refractivity (Wildman–Crippen MR) is 316 cm³/mol. The fourth-order valence-corrected chi connectivity index (χ4v) is 5.71. The Morgan fingerprint density at radius 1 is 0.375 bits per heavy atom. The van der Waals surface area contributed by atoms with Crippen LogP contribution in [-0.4, -0.2) is 5.97 Å². The highest BCUT2D eigenvalue weighted by Gasteiger charge is 2.51. The van der Waals surface area contributed by atoms with Crippen LogP contribution in [-0.2, 0) is 15.1 Å². The highest BCUT2D eigenvalue weighted by molar-refractivity contribution is 5.70. The molecule has 2 heteroatoms. The van der Waals surface area contributed by atoms with E-state index in [0.29, 0.717) is 12.3 Å². The topological polar surface area (TPSA) is 26.3 Å². The van der Waals surface area contributed by atoms with Crippen molar-refractivity contribution in [1.29, 1.82) is 0 Å². The average molecular weight is 999 g/mol. The Bertz CT molecular complexity index is 4390. The van der Waals surface area contributed by atoms with Gasteiger partial charge in [-0.2, -0.15) is 0 Å². The summed E-state index contributed by atoms with van der Waals surface area (Å²) in [7, 11) is 0. The summed E-state index contributed by atoms with van der Waals surface area (Å²) < 4.78 is 5.96. The van der Waals surface area contributed by atoms with Gasteiger partial charge in [-0.3, -0.25) is 4.79 Å². The van der Waals surface area contributed by atoms with Crippen LogP contribution >= 0.6 is 0 Å². The molecule has 2 unspecified atom stereocenters. The maximum Gasteiger partial charge on any atom is 0.306 e. The van der Waals surface area contributed by atoms with Crippen LogP contribution < -0.4 is 0 Å². The largest absolute Gasteiger partial charge is 0.454 e. The molecule has 0 saturated heterocycles. The number of benzene rings is 1. The van der Waals surface area contributed by atoms with Gasteiger partial charge in [-0.15, -0.1) is 0 Å². The van der Waals surface area contributed by atoms with E-state index in [0.717, 1.165) is 25.7 Å². The number of rotatable bonds is 6. The van der Waals surface area contributed by atoms with Crippen molar-refractivity contribution in [1.82, 2.24) is 0 Å². The molecule has 0 aliphatic heterocycles. The monoisotopic (exact) mass is 998 g/mol. The number of esters is 1. The highest BCUT2D eigenvalue weighted by Crippen LogP contribution is 2.57. The lowest BCUT2D eigenvalue weighted by atomic mass is 9.89. The molecule has 0 spiro atoms. The molecule has 1 aromatic rings. The molecule has 0 aromatic heterocycles. The third kappa shape index (κ3) is 34.3. The van der Waals surface area contributed by atoms with Gasteiger partial charge in [0.2, 0.25) is 0 Å². The van der Waals surface area contributed by atoms with Gasteiger partial charge in [0.15, 0.2) is 0 Å². The van der Waals surface area contributed by atoms with E-state index >= 15 is 0 Å². The zero-order valence-corrected chi connectivity index (χ0v) is 43.4. The smallest absolute Gasteiger partial charge is 0.306 e. The van der Waals surface area contributed by atoms with Gasteiger partial charge >= 0.3 is 5.97 Å². The average Bonchev–Trinajstić information content (AvgIpc) is 4.09. The summed E-state index contributed by atoms with van der Waals surface area (Å²) in [4.78, 5) is 12.1. The molecular formula is C78H30O2. The molecule has 354 valence electrons. The summed E-state index contributed by atoms with van der Waals surface area (Å²) in [5.74, 6) is 146. The first-order valence-corrected chi connectivity index (χ1v) is 23.3. The first-order chi connectivity index (χ1) is 39.7. The molecule has 2 atom stereocenters. The predicted octanol–water partition coefficient (Wildman–Crippen LogP) is 5.80. The van der Waals surface area contributed by atoms with E-state index in [1.54, 1.807) is 13.8 Å². The Balaban J connectivity index is 0.000000895. The molecule has 0 radical (unpaired) electrons. The van der Waals surface area contributed by atoms with Gasteiger partial charge in [0.1, 0.15) is 5.60 Å². The molecule has 2 aliphatic rings. The summed E-state index contributed by atoms with van der Waals surface area (Å²) in [5, 5.41) is 0. The van der Waals surface area contributed by atoms with E-state index in [-0.39, 0.29) is 11.6 Å². The molecule has 1 fully saturated rings. The van der Waals surface area contributed by atoms with Gasteiger partial charge in [0, 0.05) is 243 Å². The minimum Gasteiger partial charge on any atom is -0.454 e. The Hall–Kier alpha value is -14.1. The van der Waals surface area contributed by atoms with Crippen molar-refractivity contribution in [2.24, 2.45) is 0 Å². The van der Waals surface area contributed by atoms with Crippen LogP contribution in [0.2, 0.25) is 0 Å². The zero-order chi connectivity index (χ0) is 57.0. The zero-order valence-electron chi connectivity index (χ0n) is 43.4. The minimum atomic E-state index is -0.289. The molecule has 2 nitrogen and oxygen atoms in total. The van der Waals surface area contributed by atoms with E-state index in [9.17, 15) is 4.79 Å². The number of fused-ring (bicyclic) bond motifs is 5. The van der Waals surface area contributed by atoms with E-state index in [4.69, 9.17) is 4.74 Å². The number of carbonyl (C=O) groups is 1. The van der Waals surface area contributed by atoms with Crippen molar-refractivity contribution >= 4 is 5.97 Å². The lowest BCUT2D eigenvalue weighted by molar-refractivity contribution is -0.160. The van der Waals surface area contributed by atoms with Crippen LogP contribution in [0.3, 0.4) is 0 Å². The number of hydrogen-bond acceptors (Lipinski definition) is 2. The van der Waals surface area contributed by atoms with Crippen molar-refractivity contribution in [3.05, 3.63) is 35.4 Å². The maximum atomic E-state index is 12.1. The Morgan fingerprint density at radius 3 is 0.875 bits per heavy atom. The summed E-state index contributed by atoms with van der Waals surface area (Å²) in [6, 6.07) is 8.52. The maximum absolute atomic E-state index is 12.1. The lowest BCUT2D eigenvalue weighted by Gasteiger charge is -2.29. The second kappa shape index (κ2) is 47.3. The molecule has 1 saturated carbocycles. The summed E-state index contributed by atoms with van der Waals surface area (Å²) in [6.45, 7) is 5.56. The minimum absolute atomic E-state index is 0.00143. The van der Waals surface area contributed by atoms with Gasteiger partial charge < -0.3 is 4.74 Å². The fraction of sp³-hybridized carbons (Fsp3) is 0.167. The molecule has 3 rings (SSSR count). The van der Waals surface area contributed by atoms with Crippen molar-refractivity contribution in [2.45, 2.75) is 83.7 Å². The molecule has 0 N–H and O–H groups in total. The van der Waals surface area contributed by atoms with Crippen LogP contribution in [0.1, 0.15) is 89.2 Å². The number of unbranched alkanes of at least 4 members (excludes halogenated alkanes) is 3. The first-order valence-electron chi connectivity index (χ1n) is 23.3. The van der Waals surface area contributed by atoms with E-state index in [2.05, 4.69) is 375 Å². The van der Waals surface area contributed by atoms with Crippen molar-refractivity contribution in [3.8, 4) is 343 Å². The van der Waals surface area contributed by atoms with Crippen molar-refractivity contribution in [2.75, 3.05) is 0 Å². The molecular weight excluding hydrogens is 969 g/mol. The summed E-state index contributed by atoms with van der Waals surface area (Å²) in [5.41, 5.74) is 2.40. The third-order valence-electron chi connectivity index (χ3n) is 8.60. The van der Waals surface area contributed by atoms with Gasteiger partial charge in [0.25, 0.3) is 0 Å². The van der Waals surface area contributed by atoms with Gasteiger partial charge in [0.05, 0.1) is 0 Å². The molecule has 2 bridgehead atoms. The second-order valence-electron chi connectivity index (χ2n) is 13.8. The Labute approximate surface area is 475 Å². The lowest BCUT2D eigenvalue weighted by Crippen LogP contribution is -2.28. The third-order valence-corrected chi connectivity index (χ3v) is 8.60. The second-order valence-corrected chi connectivity index (χ2v) is 13.8. The molecule has 2 aliphatic carbocycles. The SMILES string of the molecule is CC#CC#CC#CC#CC#CC#CC#CC#CC#CC#CC#CC#CC#CC#CC#CC#CC#CC#CC#CC#CC#CC#CC#CC#CC#CC#CC#CC#CC#CC.CCCCCCC(=O)OC12CCC(C1)c1ccccc12. The first kappa shape index (κ1) is 62.0. The Kier molecular flexibility index (Phi) is 36.7. The van der Waals surface area contributed by atoms with Gasteiger partial charge in [-0.05, 0) is 151 Å². The standard InChI is InChI=1S/C60H6.C18H24O2/c1-3-5-7-9-11-13-15-17-19-21-23-25-27-29-31-33-35-37-39-41-43-45-47-49-51-53-55-57-59-60-58-56-54-52-50-48-46-44-42-40-38-36-34-32-30-28-26-24-22-20-18-16-14-12-10-8-6-4-2;1-2-3-4-5-10-17(19)20-18-12-11-14(13-18)15-8-6-7-9-16(15)18/h1-2H3;6-9,14H,2-5,10-13H2,1H3. The molecule has 0 heterocycles. The van der Waals surface area contributed by atoms with Crippen LogP contribution in [0.5, 0.6) is 0 Å². The highest BCUT2D eigenvalue weighted by atomic mass is 16.6. The normalized spacial score (nSPS) is 9.61. The van der Waals surface area contributed by atoms with Crippen LogP contribution in [0.25, 0.3) is 0 Å². The molecule has 80 heavy (non-hydrogen) atoms. The number of carbonyl (C=O) groups excluding carboxylic acids is 1. The van der Waals surface area contributed by atoms with E-state index < -0.39 is 0 Å². The molecule has 0 amide bonds. The number of hydrogen-bond donors (Lipinski definition) is 0. The van der Waals surface area contributed by atoms with Gasteiger partial charge in [-0.25, -0.2) is 0 Å². The van der Waals surface area contributed by atoms with Crippen molar-refractivity contribution < 1.29 is 9.53 Å².